The quantitative estimate of drug-likeness (QED) is 0.751. The summed E-state index contributed by atoms with van der Waals surface area (Å²) in [6, 6.07) is 3.82. The molecule has 1 N–H and O–H groups in total. The zero-order valence-electron chi connectivity index (χ0n) is 5.31. The van der Waals surface area contributed by atoms with Crippen LogP contribution in [-0.2, 0) is 0 Å². The van der Waals surface area contributed by atoms with E-state index in [4.69, 9.17) is 0 Å². The molecular weight excluding hydrogens is 274 g/mol. The Morgan fingerprint density at radius 2 is 2.09 bits per heavy atom. The molecule has 0 unspecified atom stereocenters. The van der Waals surface area contributed by atoms with Crippen LogP contribution in [0.2, 0.25) is 0 Å². The standard InChI is InChI=1S/C6H3Br2N3/c7-4-2-1-3-5(8)10-11-6(3)9-4/h1-2H,(H,9,10,11). The lowest BCUT2D eigenvalue weighted by atomic mass is 10.4. The molecule has 5 heteroatoms. The van der Waals surface area contributed by atoms with Crippen LogP contribution in [0.1, 0.15) is 0 Å². The van der Waals surface area contributed by atoms with Crippen LogP contribution >= 0.6 is 31.9 Å². The maximum atomic E-state index is 4.14. The third-order valence-corrected chi connectivity index (χ3v) is 2.38. The van der Waals surface area contributed by atoms with Crippen molar-refractivity contribution >= 4 is 42.9 Å². The first kappa shape index (κ1) is 7.24. The Hall–Kier alpha value is -0.420. The van der Waals surface area contributed by atoms with E-state index in [1.165, 1.54) is 0 Å². The maximum Gasteiger partial charge on any atom is 0.183 e. The molecule has 0 aliphatic carbocycles. The summed E-state index contributed by atoms with van der Waals surface area (Å²) in [5, 5.41) is 7.75. The summed E-state index contributed by atoms with van der Waals surface area (Å²) in [4.78, 5) is 4.14. The zero-order valence-corrected chi connectivity index (χ0v) is 8.48. The Balaban J connectivity index is 2.86. The van der Waals surface area contributed by atoms with Gasteiger partial charge in [-0.15, -0.1) is 0 Å². The van der Waals surface area contributed by atoms with Gasteiger partial charge >= 0.3 is 0 Å². The number of pyridine rings is 1. The lowest BCUT2D eigenvalue weighted by Gasteiger charge is -1.87. The fraction of sp³-hybridized carbons (Fsp3) is 0. The van der Waals surface area contributed by atoms with Crippen LogP contribution in [0.4, 0.5) is 0 Å². The summed E-state index contributed by atoms with van der Waals surface area (Å²) < 4.78 is 1.66. The van der Waals surface area contributed by atoms with Crippen molar-refractivity contribution in [3.63, 3.8) is 0 Å². The molecule has 0 radical (unpaired) electrons. The van der Waals surface area contributed by atoms with E-state index >= 15 is 0 Å². The highest BCUT2D eigenvalue weighted by atomic mass is 79.9. The molecule has 0 saturated carbocycles. The maximum absolute atomic E-state index is 4.14. The summed E-state index contributed by atoms with van der Waals surface area (Å²) >= 11 is 6.58. The average Bonchev–Trinajstić information content (AvgIpc) is 2.32. The fourth-order valence-corrected chi connectivity index (χ4v) is 1.54. The van der Waals surface area contributed by atoms with Crippen molar-refractivity contribution in [2.45, 2.75) is 0 Å². The second-order valence-electron chi connectivity index (χ2n) is 2.04. The predicted molar refractivity (Wildman–Crippen MR) is 49.3 cm³/mol. The predicted octanol–water partition coefficient (Wildman–Crippen LogP) is 2.48. The van der Waals surface area contributed by atoms with E-state index in [0.717, 1.165) is 14.6 Å². The van der Waals surface area contributed by atoms with Gasteiger partial charge < -0.3 is 0 Å². The lowest BCUT2D eigenvalue weighted by Crippen LogP contribution is -1.76. The lowest BCUT2D eigenvalue weighted by molar-refractivity contribution is 1.07. The van der Waals surface area contributed by atoms with Crippen LogP contribution in [0.5, 0.6) is 0 Å². The normalized spacial score (nSPS) is 10.7. The molecule has 56 valence electrons. The van der Waals surface area contributed by atoms with Crippen molar-refractivity contribution < 1.29 is 0 Å². The van der Waals surface area contributed by atoms with E-state index in [1.807, 2.05) is 12.1 Å². The summed E-state index contributed by atoms with van der Waals surface area (Å²) in [7, 11) is 0. The average molecular weight is 277 g/mol. The second kappa shape index (κ2) is 2.57. The molecule has 0 atom stereocenters. The second-order valence-corrected chi connectivity index (χ2v) is 3.65. The highest BCUT2D eigenvalue weighted by Gasteiger charge is 2.02. The SMILES string of the molecule is Brc1ccc2c(Br)[nH]nc2n1. The number of hydrogen-bond acceptors (Lipinski definition) is 2. The van der Waals surface area contributed by atoms with Gasteiger partial charge in [0, 0.05) is 0 Å². The highest BCUT2D eigenvalue weighted by Crippen LogP contribution is 2.20. The molecule has 2 aromatic rings. The summed E-state index contributed by atoms with van der Waals surface area (Å²) in [6.45, 7) is 0. The van der Waals surface area contributed by atoms with Crippen LogP contribution in [0.25, 0.3) is 11.0 Å². The van der Waals surface area contributed by atoms with Gasteiger partial charge in [0.05, 0.1) is 5.39 Å². The van der Waals surface area contributed by atoms with Gasteiger partial charge in [0.15, 0.2) is 5.65 Å². The van der Waals surface area contributed by atoms with Gasteiger partial charge in [-0.05, 0) is 44.0 Å². The van der Waals surface area contributed by atoms with Crippen molar-refractivity contribution in [1.29, 1.82) is 0 Å². The Bertz CT molecular complexity index is 396. The van der Waals surface area contributed by atoms with E-state index in [2.05, 4.69) is 47.0 Å². The largest absolute Gasteiger partial charge is 0.269 e. The smallest absolute Gasteiger partial charge is 0.183 e. The summed E-state index contributed by atoms with van der Waals surface area (Å²) in [5.41, 5.74) is 0.714. The van der Waals surface area contributed by atoms with Gasteiger partial charge in [-0.3, -0.25) is 5.10 Å². The van der Waals surface area contributed by atoms with E-state index in [-0.39, 0.29) is 0 Å². The summed E-state index contributed by atoms with van der Waals surface area (Å²) in [6.07, 6.45) is 0. The van der Waals surface area contributed by atoms with Crippen molar-refractivity contribution in [2.75, 3.05) is 0 Å². The molecule has 0 amide bonds. The van der Waals surface area contributed by atoms with Gasteiger partial charge in [-0.1, -0.05) is 0 Å². The molecule has 0 spiro atoms. The molecule has 0 bridgehead atoms. The number of nitrogens with one attached hydrogen (secondary N) is 1. The van der Waals surface area contributed by atoms with Gasteiger partial charge in [0.1, 0.15) is 9.21 Å². The van der Waals surface area contributed by atoms with E-state index in [1.54, 1.807) is 0 Å². The van der Waals surface area contributed by atoms with Crippen molar-refractivity contribution in [1.82, 2.24) is 15.2 Å². The molecular formula is C6H3Br2N3. The molecule has 2 heterocycles. The van der Waals surface area contributed by atoms with Crippen molar-refractivity contribution in [3.05, 3.63) is 21.3 Å². The van der Waals surface area contributed by atoms with Crippen LogP contribution in [0, 0.1) is 0 Å². The number of fused-ring (bicyclic) bond motifs is 1. The van der Waals surface area contributed by atoms with Gasteiger partial charge in [-0.2, -0.15) is 5.10 Å². The number of H-pyrrole nitrogens is 1. The third kappa shape index (κ3) is 1.18. The minimum atomic E-state index is 0.714. The molecule has 0 aromatic carbocycles. The zero-order chi connectivity index (χ0) is 7.84. The molecule has 0 fully saturated rings. The van der Waals surface area contributed by atoms with Gasteiger partial charge in [-0.25, -0.2) is 4.98 Å². The molecule has 2 rings (SSSR count). The van der Waals surface area contributed by atoms with Crippen LogP contribution < -0.4 is 0 Å². The summed E-state index contributed by atoms with van der Waals surface area (Å²) in [5.74, 6) is 0. The first-order valence-electron chi connectivity index (χ1n) is 2.93. The number of aromatic amines is 1. The van der Waals surface area contributed by atoms with Crippen LogP contribution in [0.3, 0.4) is 0 Å². The van der Waals surface area contributed by atoms with Gasteiger partial charge in [0.2, 0.25) is 0 Å². The molecule has 0 aliphatic rings. The number of nitrogens with zero attached hydrogens (tertiary/aromatic N) is 2. The fourth-order valence-electron chi connectivity index (χ4n) is 0.844. The Labute approximate surface area is 79.5 Å². The van der Waals surface area contributed by atoms with E-state index in [9.17, 15) is 0 Å². The third-order valence-electron chi connectivity index (χ3n) is 1.34. The monoisotopic (exact) mass is 275 g/mol. The van der Waals surface area contributed by atoms with Crippen molar-refractivity contribution in [2.24, 2.45) is 0 Å². The molecule has 11 heavy (non-hydrogen) atoms. The number of hydrogen-bond donors (Lipinski definition) is 1. The Morgan fingerprint density at radius 3 is 2.91 bits per heavy atom. The van der Waals surface area contributed by atoms with E-state index < -0.39 is 0 Å². The minimum absolute atomic E-state index is 0.714. The number of halogens is 2. The molecule has 3 nitrogen and oxygen atoms in total. The van der Waals surface area contributed by atoms with Gasteiger partial charge in [0.25, 0.3) is 0 Å². The molecule has 0 saturated heterocycles. The Morgan fingerprint density at radius 1 is 1.27 bits per heavy atom. The van der Waals surface area contributed by atoms with E-state index in [0.29, 0.717) is 5.65 Å². The topological polar surface area (TPSA) is 41.6 Å². The molecule has 2 aromatic heterocycles. The minimum Gasteiger partial charge on any atom is -0.269 e. The van der Waals surface area contributed by atoms with Crippen molar-refractivity contribution in [3.8, 4) is 0 Å². The Kier molecular flexibility index (Phi) is 1.69. The van der Waals surface area contributed by atoms with Crippen LogP contribution in [-0.4, -0.2) is 15.2 Å². The van der Waals surface area contributed by atoms with Crippen LogP contribution in [0.15, 0.2) is 21.3 Å². The first-order valence-corrected chi connectivity index (χ1v) is 4.52. The number of rotatable bonds is 0. The molecule has 0 aliphatic heterocycles. The number of aromatic nitrogens is 3. The first-order chi connectivity index (χ1) is 5.27. The highest BCUT2D eigenvalue weighted by molar-refractivity contribution is 9.10.